The first-order chi connectivity index (χ1) is 5.69. The highest BCUT2D eigenvalue weighted by atomic mass is 16.6. The average molecular weight is 169 g/mol. The molecule has 1 aromatic rings. The van der Waals surface area contributed by atoms with E-state index in [1.807, 2.05) is 6.92 Å². The molecule has 0 radical (unpaired) electrons. The number of ether oxygens (including phenoxy) is 1. The van der Waals surface area contributed by atoms with Crippen molar-refractivity contribution in [1.29, 1.82) is 0 Å². The normalized spacial score (nSPS) is 9.58. The van der Waals surface area contributed by atoms with E-state index in [1.165, 1.54) is 0 Å². The SMILES string of the molecule is COc1c[n+](OC)c(C)cc1N. The maximum Gasteiger partial charge on any atom is 0.266 e. The molecule has 0 unspecified atom stereocenters. The molecule has 1 heterocycles. The largest absolute Gasteiger partial charge is 0.489 e. The molecular formula is C8H13N2O2+. The standard InChI is InChI=1S/C8H12N2O2/c1-6-4-7(9)8(11-2)5-10(6)12-3/h4-5,9H,1-3H3/p+1. The van der Waals surface area contributed by atoms with Crippen molar-refractivity contribution in [2.45, 2.75) is 6.92 Å². The first kappa shape index (κ1) is 8.64. The Morgan fingerprint density at radius 1 is 1.42 bits per heavy atom. The molecule has 2 N–H and O–H groups in total. The van der Waals surface area contributed by atoms with Gasteiger partial charge < -0.3 is 10.5 Å². The summed E-state index contributed by atoms with van der Waals surface area (Å²) in [5.74, 6) is 0.613. The molecule has 0 aliphatic carbocycles. The van der Waals surface area contributed by atoms with Gasteiger partial charge in [0.2, 0.25) is 11.4 Å². The Bertz CT molecular complexity index is 261. The second kappa shape index (κ2) is 3.30. The molecule has 66 valence electrons. The summed E-state index contributed by atoms with van der Waals surface area (Å²) >= 11 is 0. The second-order valence-corrected chi connectivity index (χ2v) is 2.45. The van der Waals surface area contributed by atoms with Gasteiger partial charge >= 0.3 is 0 Å². The van der Waals surface area contributed by atoms with E-state index in [4.69, 9.17) is 15.3 Å². The summed E-state index contributed by atoms with van der Waals surface area (Å²) in [6.07, 6.45) is 1.70. The predicted molar refractivity (Wildman–Crippen MR) is 44.8 cm³/mol. The molecule has 0 aliphatic rings. The number of pyridine rings is 1. The lowest BCUT2D eigenvalue weighted by Gasteiger charge is -2.02. The molecule has 0 atom stereocenters. The number of anilines is 1. The smallest absolute Gasteiger partial charge is 0.266 e. The van der Waals surface area contributed by atoms with Gasteiger partial charge in [0.25, 0.3) is 6.20 Å². The molecule has 0 spiro atoms. The Labute approximate surface area is 71.5 Å². The number of nitrogens with two attached hydrogens (primary N) is 1. The minimum absolute atomic E-state index is 0.613. The fourth-order valence-electron chi connectivity index (χ4n) is 1.01. The number of hydrogen-bond donors (Lipinski definition) is 1. The van der Waals surface area contributed by atoms with Crippen molar-refractivity contribution in [2.75, 3.05) is 20.0 Å². The molecule has 0 aromatic carbocycles. The van der Waals surface area contributed by atoms with Crippen LogP contribution in [0.4, 0.5) is 5.69 Å². The van der Waals surface area contributed by atoms with Gasteiger partial charge in [0, 0.05) is 17.7 Å². The molecule has 1 rings (SSSR count). The lowest BCUT2D eigenvalue weighted by atomic mass is 10.3. The Balaban J connectivity index is 3.18. The van der Waals surface area contributed by atoms with Crippen LogP contribution >= 0.6 is 0 Å². The molecule has 4 nitrogen and oxygen atoms in total. The molecule has 0 fully saturated rings. The van der Waals surface area contributed by atoms with Gasteiger partial charge in [-0.3, -0.25) is 4.84 Å². The molecule has 0 aliphatic heterocycles. The van der Waals surface area contributed by atoms with Crippen LogP contribution in [0.2, 0.25) is 0 Å². The highest BCUT2D eigenvalue weighted by molar-refractivity contribution is 5.49. The van der Waals surface area contributed by atoms with Crippen molar-refractivity contribution in [3.8, 4) is 5.75 Å². The Kier molecular flexibility index (Phi) is 2.38. The van der Waals surface area contributed by atoms with Gasteiger partial charge in [-0.2, -0.15) is 0 Å². The zero-order valence-corrected chi connectivity index (χ0v) is 7.50. The number of aromatic nitrogens is 1. The molecule has 0 bridgehead atoms. The van der Waals surface area contributed by atoms with Crippen LogP contribution in [0.15, 0.2) is 12.3 Å². The van der Waals surface area contributed by atoms with Gasteiger partial charge in [-0.1, -0.05) is 0 Å². The average Bonchev–Trinajstić information content (AvgIpc) is 2.05. The monoisotopic (exact) mass is 169 g/mol. The molecule has 4 heteroatoms. The van der Waals surface area contributed by atoms with E-state index < -0.39 is 0 Å². The van der Waals surface area contributed by atoms with Crippen molar-refractivity contribution in [2.24, 2.45) is 0 Å². The van der Waals surface area contributed by atoms with Crippen LogP contribution in [0.5, 0.6) is 5.75 Å². The van der Waals surface area contributed by atoms with Gasteiger partial charge in [-0.05, 0) is 0 Å². The topological polar surface area (TPSA) is 48.4 Å². The third-order valence-electron chi connectivity index (χ3n) is 1.65. The first-order valence-electron chi connectivity index (χ1n) is 3.59. The number of hydrogen-bond acceptors (Lipinski definition) is 3. The Hall–Kier alpha value is -1.45. The molecule has 1 aromatic heterocycles. The van der Waals surface area contributed by atoms with Gasteiger partial charge in [-0.15, -0.1) is 0 Å². The van der Waals surface area contributed by atoms with Crippen molar-refractivity contribution in [1.82, 2.24) is 0 Å². The van der Waals surface area contributed by atoms with Crippen LogP contribution in [0.25, 0.3) is 0 Å². The van der Waals surface area contributed by atoms with Gasteiger partial charge in [0.1, 0.15) is 7.11 Å². The first-order valence-corrected chi connectivity index (χ1v) is 3.59. The van der Waals surface area contributed by atoms with Crippen molar-refractivity contribution in [3.05, 3.63) is 18.0 Å². The highest BCUT2D eigenvalue weighted by Gasteiger charge is 2.12. The number of rotatable bonds is 2. The Morgan fingerprint density at radius 2 is 2.08 bits per heavy atom. The third kappa shape index (κ3) is 1.42. The quantitative estimate of drug-likeness (QED) is 0.630. The predicted octanol–water partition coefficient (Wildman–Crippen LogP) is -0.0683. The molecular weight excluding hydrogens is 156 g/mol. The molecule has 0 saturated heterocycles. The maximum atomic E-state index is 5.66. The van der Waals surface area contributed by atoms with Crippen molar-refractivity contribution in [3.63, 3.8) is 0 Å². The zero-order valence-electron chi connectivity index (χ0n) is 7.50. The van der Waals surface area contributed by atoms with E-state index in [2.05, 4.69) is 0 Å². The van der Waals surface area contributed by atoms with E-state index in [0.717, 1.165) is 5.69 Å². The van der Waals surface area contributed by atoms with E-state index in [1.54, 1.807) is 31.2 Å². The summed E-state index contributed by atoms with van der Waals surface area (Å²) in [5.41, 5.74) is 7.20. The Morgan fingerprint density at radius 3 is 2.58 bits per heavy atom. The van der Waals surface area contributed by atoms with Crippen LogP contribution in [-0.4, -0.2) is 14.2 Å². The lowest BCUT2D eigenvalue weighted by Crippen LogP contribution is -2.43. The number of aryl methyl sites for hydroxylation is 1. The van der Waals surface area contributed by atoms with Gasteiger partial charge in [-0.25, -0.2) is 0 Å². The molecule has 0 saturated carbocycles. The van der Waals surface area contributed by atoms with Crippen molar-refractivity contribution >= 4 is 5.69 Å². The van der Waals surface area contributed by atoms with Crippen LogP contribution < -0.4 is 20.0 Å². The number of nitrogen functional groups attached to an aromatic ring is 1. The number of nitrogens with zero attached hydrogens (tertiary/aromatic N) is 1. The fourth-order valence-corrected chi connectivity index (χ4v) is 1.01. The fraction of sp³-hybridized carbons (Fsp3) is 0.375. The summed E-state index contributed by atoms with van der Waals surface area (Å²) in [5, 5.41) is 0. The third-order valence-corrected chi connectivity index (χ3v) is 1.65. The number of methoxy groups -OCH3 is 1. The van der Waals surface area contributed by atoms with Crippen molar-refractivity contribution < 1.29 is 14.3 Å². The highest BCUT2D eigenvalue weighted by Crippen LogP contribution is 2.17. The zero-order chi connectivity index (χ0) is 9.14. The maximum absolute atomic E-state index is 5.66. The van der Waals surface area contributed by atoms with E-state index in [-0.39, 0.29) is 0 Å². The van der Waals surface area contributed by atoms with Gasteiger partial charge in [0.15, 0.2) is 0 Å². The summed E-state index contributed by atoms with van der Waals surface area (Å²) in [6.45, 7) is 1.90. The summed E-state index contributed by atoms with van der Waals surface area (Å²) in [7, 11) is 3.16. The van der Waals surface area contributed by atoms with Crippen LogP contribution in [0, 0.1) is 6.92 Å². The van der Waals surface area contributed by atoms with E-state index in [9.17, 15) is 0 Å². The van der Waals surface area contributed by atoms with Gasteiger partial charge in [0.05, 0.1) is 12.8 Å². The lowest BCUT2D eigenvalue weighted by molar-refractivity contribution is -0.889. The summed E-state index contributed by atoms with van der Waals surface area (Å²) in [6, 6.07) is 1.79. The molecule has 12 heavy (non-hydrogen) atoms. The van der Waals surface area contributed by atoms with Crippen LogP contribution in [0.3, 0.4) is 0 Å². The second-order valence-electron chi connectivity index (χ2n) is 2.45. The summed E-state index contributed by atoms with van der Waals surface area (Å²) < 4.78 is 6.61. The minimum atomic E-state index is 0.613. The van der Waals surface area contributed by atoms with E-state index >= 15 is 0 Å². The van der Waals surface area contributed by atoms with E-state index in [0.29, 0.717) is 11.4 Å². The summed E-state index contributed by atoms with van der Waals surface area (Å²) in [4.78, 5) is 5.02. The van der Waals surface area contributed by atoms with Crippen LogP contribution in [-0.2, 0) is 0 Å². The molecule has 0 amide bonds. The minimum Gasteiger partial charge on any atom is -0.489 e. The van der Waals surface area contributed by atoms with Crippen LogP contribution in [0.1, 0.15) is 5.69 Å².